The minimum absolute atomic E-state index is 0.114. The SMILES string of the molecule is Cc1ccc(-c2nn(-c3ccccc3)cc2C(=O)N(C)CC(=O)Nc2ccc(N3CCOCC3)cc2)o1. The summed E-state index contributed by atoms with van der Waals surface area (Å²) >= 11 is 0. The molecule has 1 fully saturated rings. The zero-order valence-corrected chi connectivity index (χ0v) is 20.9. The van der Waals surface area contributed by atoms with E-state index in [2.05, 4.69) is 15.3 Å². The fourth-order valence-electron chi connectivity index (χ4n) is 4.26. The molecule has 0 aliphatic carbocycles. The van der Waals surface area contributed by atoms with E-state index in [-0.39, 0.29) is 18.4 Å². The Balaban J connectivity index is 1.29. The first-order valence-corrected chi connectivity index (χ1v) is 12.2. The highest BCUT2D eigenvalue weighted by molar-refractivity contribution is 6.02. The van der Waals surface area contributed by atoms with Crippen molar-refractivity contribution in [2.24, 2.45) is 0 Å². The van der Waals surface area contributed by atoms with Crippen LogP contribution in [0.2, 0.25) is 0 Å². The second kappa shape index (κ2) is 10.7. The number of nitrogens with one attached hydrogen (secondary N) is 1. The van der Waals surface area contributed by atoms with E-state index in [9.17, 15) is 9.59 Å². The van der Waals surface area contributed by atoms with Crippen LogP contribution in [0.1, 0.15) is 16.1 Å². The lowest BCUT2D eigenvalue weighted by molar-refractivity contribution is -0.116. The van der Waals surface area contributed by atoms with Crippen LogP contribution in [0.4, 0.5) is 11.4 Å². The Kier molecular flexibility index (Phi) is 7.04. The molecule has 0 bridgehead atoms. The van der Waals surface area contributed by atoms with Crippen molar-refractivity contribution in [2.45, 2.75) is 6.92 Å². The highest BCUT2D eigenvalue weighted by atomic mass is 16.5. The Bertz CT molecular complexity index is 1370. The lowest BCUT2D eigenvalue weighted by Gasteiger charge is -2.28. The summed E-state index contributed by atoms with van der Waals surface area (Å²) in [6, 6.07) is 20.8. The molecule has 1 aliphatic rings. The van der Waals surface area contributed by atoms with Crippen molar-refractivity contribution in [2.75, 3.05) is 50.1 Å². The molecule has 1 N–H and O–H groups in total. The quantitative estimate of drug-likeness (QED) is 0.413. The molecule has 2 aromatic heterocycles. The molecular formula is C28H29N5O4. The summed E-state index contributed by atoms with van der Waals surface area (Å²) in [5.41, 5.74) is 3.35. The van der Waals surface area contributed by atoms with E-state index in [1.165, 1.54) is 4.90 Å². The van der Waals surface area contributed by atoms with E-state index in [1.807, 2.05) is 67.6 Å². The van der Waals surface area contributed by atoms with Crippen molar-refractivity contribution < 1.29 is 18.7 Å². The maximum absolute atomic E-state index is 13.4. The number of carbonyl (C=O) groups excluding carboxylic acids is 2. The number of furan rings is 1. The van der Waals surface area contributed by atoms with Crippen molar-refractivity contribution in [1.29, 1.82) is 0 Å². The minimum atomic E-state index is -0.330. The van der Waals surface area contributed by atoms with E-state index < -0.39 is 0 Å². The van der Waals surface area contributed by atoms with Gasteiger partial charge in [-0.1, -0.05) is 18.2 Å². The average Bonchev–Trinajstić information content (AvgIpc) is 3.56. The average molecular weight is 500 g/mol. The standard InChI is InChI=1S/C28H29N5O4/c1-20-8-13-25(37-20)27-24(18-33(30-27)23-6-4-3-5-7-23)28(35)31(2)19-26(34)29-21-9-11-22(12-10-21)32-14-16-36-17-15-32/h3-13,18H,14-17,19H2,1-2H3,(H,29,34). The van der Waals surface area contributed by atoms with E-state index in [0.29, 0.717) is 35.9 Å². The predicted octanol–water partition coefficient (Wildman–Crippen LogP) is 3.99. The molecule has 1 saturated heterocycles. The number of aryl methyl sites for hydroxylation is 1. The summed E-state index contributed by atoms with van der Waals surface area (Å²) in [6.45, 7) is 4.84. The van der Waals surface area contributed by atoms with E-state index in [1.54, 1.807) is 24.0 Å². The Morgan fingerprint density at radius 1 is 0.973 bits per heavy atom. The second-order valence-electron chi connectivity index (χ2n) is 8.94. The molecule has 4 aromatic rings. The number of anilines is 2. The Hall–Kier alpha value is -4.37. The Labute approximate surface area is 215 Å². The molecule has 190 valence electrons. The van der Waals surface area contributed by atoms with Crippen LogP contribution in [0.5, 0.6) is 0 Å². The molecule has 2 amide bonds. The molecule has 1 aliphatic heterocycles. The van der Waals surface area contributed by atoms with Gasteiger partial charge in [-0.25, -0.2) is 4.68 Å². The van der Waals surface area contributed by atoms with Crippen LogP contribution < -0.4 is 10.2 Å². The van der Waals surface area contributed by atoms with Gasteiger partial charge in [-0.15, -0.1) is 0 Å². The number of morpholine rings is 1. The number of amides is 2. The number of aromatic nitrogens is 2. The van der Waals surface area contributed by atoms with Gasteiger partial charge in [0.05, 0.1) is 31.0 Å². The van der Waals surface area contributed by atoms with Gasteiger partial charge in [-0.2, -0.15) is 5.10 Å². The van der Waals surface area contributed by atoms with Gasteiger partial charge in [0.15, 0.2) is 5.76 Å². The first-order chi connectivity index (χ1) is 18.0. The number of ether oxygens (including phenoxy) is 1. The first-order valence-electron chi connectivity index (χ1n) is 12.2. The molecule has 0 unspecified atom stereocenters. The topological polar surface area (TPSA) is 92.8 Å². The summed E-state index contributed by atoms with van der Waals surface area (Å²) in [5.74, 6) is 0.591. The zero-order valence-electron chi connectivity index (χ0n) is 20.9. The minimum Gasteiger partial charge on any atom is -0.460 e. The Morgan fingerprint density at radius 2 is 1.70 bits per heavy atom. The number of nitrogens with zero attached hydrogens (tertiary/aromatic N) is 4. The maximum Gasteiger partial charge on any atom is 0.258 e. The van der Waals surface area contributed by atoms with E-state index in [4.69, 9.17) is 9.15 Å². The number of hydrogen-bond donors (Lipinski definition) is 1. The molecule has 37 heavy (non-hydrogen) atoms. The van der Waals surface area contributed by atoms with Gasteiger partial charge in [0.1, 0.15) is 11.5 Å². The van der Waals surface area contributed by atoms with Crippen LogP contribution >= 0.6 is 0 Å². The number of carbonyl (C=O) groups is 2. The van der Waals surface area contributed by atoms with Crippen LogP contribution in [0.15, 0.2) is 77.3 Å². The van der Waals surface area contributed by atoms with Gasteiger partial charge in [-0.3, -0.25) is 9.59 Å². The van der Waals surface area contributed by atoms with Crippen molar-refractivity contribution in [3.05, 3.63) is 84.3 Å². The molecule has 9 heteroatoms. The summed E-state index contributed by atoms with van der Waals surface area (Å²) < 4.78 is 12.8. The molecule has 0 radical (unpaired) electrons. The third-order valence-electron chi connectivity index (χ3n) is 6.19. The van der Waals surface area contributed by atoms with Crippen LogP contribution in [0.25, 0.3) is 17.1 Å². The first kappa shape index (κ1) is 24.3. The summed E-state index contributed by atoms with van der Waals surface area (Å²) in [6.07, 6.45) is 1.67. The van der Waals surface area contributed by atoms with Gasteiger partial charge < -0.3 is 24.3 Å². The zero-order chi connectivity index (χ0) is 25.8. The smallest absolute Gasteiger partial charge is 0.258 e. The molecule has 0 spiro atoms. The van der Waals surface area contributed by atoms with Crippen LogP contribution in [-0.2, 0) is 9.53 Å². The summed E-state index contributed by atoms with van der Waals surface area (Å²) in [5, 5.41) is 7.50. The van der Waals surface area contributed by atoms with Crippen LogP contribution in [-0.4, -0.2) is 66.4 Å². The highest BCUT2D eigenvalue weighted by Gasteiger charge is 2.24. The van der Waals surface area contributed by atoms with Gasteiger partial charge in [0, 0.05) is 37.7 Å². The third-order valence-corrected chi connectivity index (χ3v) is 6.19. The van der Waals surface area contributed by atoms with Gasteiger partial charge >= 0.3 is 0 Å². The normalized spacial score (nSPS) is 13.4. The predicted molar refractivity (Wildman–Crippen MR) is 141 cm³/mol. The Morgan fingerprint density at radius 3 is 2.38 bits per heavy atom. The van der Waals surface area contributed by atoms with Crippen LogP contribution in [0.3, 0.4) is 0 Å². The molecule has 5 rings (SSSR count). The molecular weight excluding hydrogens is 470 g/mol. The molecule has 9 nitrogen and oxygen atoms in total. The van der Waals surface area contributed by atoms with E-state index in [0.717, 1.165) is 30.2 Å². The third kappa shape index (κ3) is 5.57. The number of likely N-dealkylation sites (N-methyl/N-ethyl adjacent to an activating group) is 1. The van der Waals surface area contributed by atoms with Crippen molar-refractivity contribution in [3.63, 3.8) is 0 Å². The maximum atomic E-state index is 13.4. The van der Waals surface area contributed by atoms with Crippen molar-refractivity contribution >= 4 is 23.2 Å². The van der Waals surface area contributed by atoms with Gasteiger partial charge in [0.25, 0.3) is 5.91 Å². The molecule has 2 aromatic carbocycles. The lowest BCUT2D eigenvalue weighted by atomic mass is 10.2. The monoisotopic (exact) mass is 499 g/mol. The van der Waals surface area contributed by atoms with Crippen LogP contribution in [0, 0.1) is 6.92 Å². The van der Waals surface area contributed by atoms with Gasteiger partial charge in [-0.05, 0) is 55.5 Å². The largest absolute Gasteiger partial charge is 0.460 e. The summed E-state index contributed by atoms with van der Waals surface area (Å²) in [4.78, 5) is 29.8. The number of hydrogen-bond acceptors (Lipinski definition) is 6. The van der Waals surface area contributed by atoms with Gasteiger partial charge in [0.2, 0.25) is 5.91 Å². The molecule has 0 saturated carbocycles. The number of rotatable bonds is 7. The molecule has 3 heterocycles. The van der Waals surface area contributed by atoms with Crippen molar-refractivity contribution in [3.8, 4) is 17.1 Å². The fraction of sp³-hybridized carbons (Fsp3) is 0.250. The fourth-order valence-corrected chi connectivity index (χ4v) is 4.26. The van der Waals surface area contributed by atoms with E-state index >= 15 is 0 Å². The molecule has 0 atom stereocenters. The second-order valence-corrected chi connectivity index (χ2v) is 8.94. The lowest BCUT2D eigenvalue weighted by Crippen LogP contribution is -2.36. The number of para-hydroxylation sites is 1. The van der Waals surface area contributed by atoms with Crippen molar-refractivity contribution in [1.82, 2.24) is 14.7 Å². The summed E-state index contributed by atoms with van der Waals surface area (Å²) in [7, 11) is 1.60. The highest BCUT2D eigenvalue weighted by Crippen LogP contribution is 2.27. The number of benzene rings is 2.